The zero-order chi connectivity index (χ0) is 18.9. The average molecular weight is 360 g/mol. The molecule has 0 saturated heterocycles. The van der Waals surface area contributed by atoms with Crippen LogP contribution in [0.3, 0.4) is 0 Å². The summed E-state index contributed by atoms with van der Waals surface area (Å²) < 4.78 is 5.89. The van der Waals surface area contributed by atoms with E-state index >= 15 is 0 Å². The van der Waals surface area contributed by atoms with Gasteiger partial charge in [0.15, 0.2) is 0 Å². The van der Waals surface area contributed by atoms with E-state index in [0.29, 0.717) is 18.0 Å². The third kappa shape index (κ3) is 5.69. The van der Waals surface area contributed by atoms with Gasteiger partial charge in [-0.2, -0.15) is 0 Å². The van der Waals surface area contributed by atoms with Gasteiger partial charge in [-0.3, -0.25) is 4.79 Å². The van der Waals surface area contributed by atoms with Crippen molar-refractivity contribution in [2.45, 2.75) is 18.9 Å². The number of hydrogen-bond acceptors (Lipinski definition) is 3. The van der Waals surface area contributed by atoms with Crippen LogP contribution in [0.2, 0.25) is 0 Å². The number of hydrogen-bond donors (Lipinski definition) is 2. The van der Waals surface area contributed by atoms with E-state index in [-0.39, 0.29) is 18.4 Å². The van der Waals surface area contributed by atoms with Gasteiger partial charge in [0.05, 0.1) is 12.3 Å². The molecule has 0 aliphatic carbocycles. The molecule has 27 heavy (non-hydrogen) atoms. The van der Waals surface area contributed by atoms with Crippen LogP contribution in [0.4, 0.5) is 5.69 Å². The van der Waals surface area contributed by atoms with Crippen LogP contribution in [0, 0.1) is 0 Å². The fourth-order valence-corrected chi connectivity index (χ4v) is 2.84. The molecule has 0 radical (unpaired) electrons. The van der Waals surface area contributed by atoms with Crippen molar-refractivity contribution in [3.8, 4) is 5.75 Å². The fraction of sp³-hybridized carbons (Fsp3) is 0.174. The number of nitrogens with two attached hydrogens (primary N) is 1. The number of benzene rings is 3. The molecule has 4 nitrogen and oxygen atoms in total. The number of carbonyl (C=O) groups excluding carboxylic acids is 1. The average Bonchev–Trinajstić information content (AvgIpc) is 2.70. The Morgan fingerprint density at radius 2 is 1.52 bits per heavy atom. The highest BCUT2D eigenvalue weighted by Crippen LogP contribution is 2.25. The minimum absolute atomic E-state index is 0.134. The SMILES string of the molecule is N[C@@H](CC(=O)Nc1ccccc1OCCc1ccccc1)c1ccccc1. The standard InChI is InChI=1S/C23H24N2O2/c24-20(19-11-5-2-6-12-19)17-23(26)25-21-13-7-8-14-22(21)27-16-15-18-9-3-1-4-10-18/h1-14,20H,15-17,24H2,(H,25,26)/t20-/m0/s1. The summed E-state index contributed by atoms with van der Waals surface area (Å²) in [5.74, 6) is 0.528. The molecule has 138 valence electrons. The molecule has 0 heterocycles. The summed E-state index contributed by atoms with van der Waals surface area (Å²) in [6.07, 6.45) is 1.02. The molecule has 0 unspecified atom stereocenters. The van der Waals surface area contributed by atoms with Crippen LogP contribution in [-0.4, -0.2) is 12.5 Å². The highest BCUT2D eigenvalue weighted by atomic mass is 16.5. The monoisotopic (exact) mass is 360 g/mol. The summed E-state index contributed by atoms with van der Waals surface area (Å²) in [5, 5.41) is 2.92. The zero-order valence-corrected chi connectivity index (χ0v) is 15.2. The predicted octanol–water partition coefficient (Wildman–Crippen LogP) is 4.34. The van der Waals surface area contributed by atoms with Crippen molar-refractivity contribution in [2.24, 2.45) is 5.73 Å². The molecule has 3 rings (SSSR count). The molecule has 3 aromatic carbocycles. The maximum Gasteiger partial charge on any atom is 0.226 e. The summed E-state index contributed by atoms with van der Waals surface area (Å²) in [4.78, 5) is 12.4. The van der Waals surface area contributed by atoms with E-state index in [9.17, 15) is 4.79 Å². The van der Waals surface area contributed by atoms with Crippen molar-refractivity contribution in [1.82, 2.24) is 0 Å². The topological polar surface area (TPSA) is 64.4 Å². The first kappa shape index (κ1) is 18.7. The van der Waals surface area contributed by atoms with Crippen LogP contribution in [0.25, 0.3) is 0 Å². The molecule has 0 aliphatic heterocycles. The molecule has 1 atom stereocenters. The third-order valence-electron chi connectivity index (χ3n) is 4.29. The maximum atomic E-state index is 12.4. The van der Waals surface area contributed by atoms with Crippen molar-refractivity contribution in [2.75, 3.05) is 11.9 Å². The smallest absolute Gasteiger partial charge is 0.226 e. The Morgan fingerprint density at radius 3 is 2.26 bits per heavy atom. The van der Waals surface area contributed by atoms with Gasteiger partial charge in [0.2, 0.25) is 5.91 Å². The van der Waals surface area contributed by atoms with Gasteiger partial charge in [-0.25, -0.2) is 0 Å². The summed E-state index contributed by atoms with van der Waals surface area (Å²) in [5.41, 5.74) is 8.96. The second kappa shape index (κ2) is 9.55. The van der Waals surface area contributed by atoms with E-state index in [1.165, 1.54) is 5.56 Å². The number of anilines is 1. The van der Waals surface area contributed by atoms with Crippen LogP contribution in [0.1, 0.15) is 23.6 Å². The normalized spacial score (nSPS) is 11.6. The Kier molecular flexibility index (Phi) is 6.61. The van der Waals surface area contributed by atoms with Gasteiger partial charge < -0.3 is 15.8 Å². The summed E-state index contributed by atoms with van der Waals surface area (Å²) in [6, 6.07) is 26.9. The zero-order valence-electron chi connectivity index (χ0n) is 15.2. The van der Waals surface area contributed by atoms with Gasteiger partial charge in [-0.1, -0.05) is 72.8 Å². The van der Waals surface area contributed by atoms with Crippen molar-refractivity contribution in [3.05, 3.63) is 96.1 Å². The molecule has 4 heteroatoms. The number of ether oxygens (including phenoxy) is 1. The van der Waals surface area contributed by atoms with Crippen LogP contribution in [-0.2, 0) is 11.2 Å². The highest BCUT2D eigenvalue weighted by molar-refractivity contribution is 5.92. The Hall–Kier alpha value is -3.11. The second-order valence-corrected chi connectivity index (χ2v) is 6.35. The van der Waals surface area contributed by atoms with E-state index in [0.717, 1.165) is 12.0 Å². The van der Waals surface area contributed by atoms with E-state index in [4.69, 9.17) is 10.5 Å². The van der Waals surface area contributed by atoms with Gasteiger partial charge in [-0.05, 0) is 23.3 Å². The summed E-state index contributed by atoms with van der Waals surface area (Å²) in [7, 11) is 0. The molecule has 0 spiro atoms. The molecular formula is C23H24N2O2. The molecular weight excluding hydrogens is 336 g/mol. The van der Waals surface area contributed by atoms with Crippen molar-refractivity contribution in [3.63, 3.8) is 0 Å². The fourth-order valence-electron chi connectivity index (χ4n) is 2.84. The number of carbonyl (C=O) groups is 1. The van der Waals surface area contributed by atoms with Crippen LogP contribution in [0.5, 0.6) is 5.75 Å². The van der Waals surface area contributed by atoms with Gasteiger partial charge in [-0.15, -0.1) is 0 Å². The number of amides is 1. The van der Waals surface area contributed by atoms with Crippen molar-refractivity contribution in [1.29, 1.82) is 0 Å². The van der Waals surface area contributed by atoms with Crippen LogP contribution < -0.4 is 15.8 Å². The molecule has 3 N–H and O–H groups in total. The van der Waals surface area contributed by atoms with E-state index < -0.39 is 0 Å². The largest absolute Gasteiger partial charge is 0.491 e. The first-order chi connectivity index (χ1) is 13.2. The Morgan fingerprint density at radius 1 is 0.889 bits per heavy atom. The molecule has 0 aliphatic rings. The maximum absolute atomic E-state index is 12.4. The summed E-state index contributed by atoms with van der Waals surface area (Å²) >= 11 is 0. The third-order valence-corrected chi connectivity index (χ3v) is 4.29. The number of rotatable bonds is 8. The first-order valence-electron chi connectivity index (χ1n) is 9.08. The molecule has 0 bridgehead atoms. The number of nitrogens with one attached hydrogen (secondary N) is 1. The quantitative estimate of drug-likeness (QED) is 0.628. The van der Waals surface area contributed by atoms with E-state index in [1.54, 1.807) is 0 Å². The lowest BCUT2D eigenvalue weighted by Gasteiger charge is -2.15. The van der Waals surface area contributed by atoms with Gasteiger partial charge >= 0.3 is 0 Å². The minimum Gasteiger partial charge on any atom is -0.491 e. The van der Waals surface area contributed by atoms with Crippen LogP contribution >= 0.6 is 0 Å². The van der Waals surface area contributed by atoms with Gasteiger partial charge in [0, 0.05) is 18.9 Å². The van der Waals surface area contributed by atoms with E-state index in [2.05, 4.69) is 17.4 Å². The lowest BCUT2D eigenvalue weighted by molar-refractivity contribution is -0.116. The first-order valence-corrected chi connectivity index (χ1v) is 9.08. The Balaban J connectivity index is 1.56. The lowest BCUT2D eigenvalue weighted by Crippen LogP contribution is -2.21. The Labute approximate surface area is 160 Å². The predicted molar refractivity (Wildman–Crippen MR) is 109 cm³/mol. The summed E-state index contributed by atoms with van der Waals surface area (Å²) in [6.45, 7) is 0.542. The van der Waals surface area contributed by atoms with Crippen LogP contribution in [0.15, 0.2) is 84.9 Å². The van der Waals surface area contributed by atoms with Crippen molar-refractivity contribution < 1.29 is 9.53 Å². The van der Waals surface area contributed by atoms with Gasteiger partial charge in [0.1, 0.15) is 5.75 Å². The second-order valence-electron chi connectivity index (χ2n) is 6.35. The Bertz CT molecular complexity index is 851. The molecule has 0 aromatic heterocycles. The lowest BCUT2D eigenvalue weighted by atomic mass is 10.0. The van der Waals surface area contributed by atoms with Gasteiger partial charge in [0.25, 0.3) is 0 Å². The molecule has 1 amide bonds. The molecule has 0 saturated carbocycles. The van der Waals surface area contributed by atoms with Crippen molar-refractivity contribution >= 4 is 11.6 Å². The molecule has 3 aromatic rings. The highest BCUT2D eigenvalue weighted by Gasteiger charge is 2.13. The number of para-hydroxylation sites is 2. The van der Waals surface area contributed by atoms with E-state index in [1.807, 2.05) is 72.8 Å². The molecule has 0 fully saturated rings. The minimum atomic E-state index is -0.336.